The molecule has 5 nitrogen and oxygen atoms in total. The van der Waals surface area contributed by atoms with E-state index in [9.17, 15) is 9.18 Å². The number of aliphatic imine (C=N–C) groups is 1. The third kappa shape index (κ3) is 2.19. The van der Waals surface area contributed by atoms with Gasteiger partial charge in [0.05, 0.1) is 0 Å². The summed E-state index contributed by atoms with van der Waals surface area (Å²) in [5.74, 6) is -1.07. The molecule has 0 saturated heterocycles. The van der Waals surface area contributed by atoms with E-state index in [0.717, 1.165) is 0 Å². The van der Waals surface area contributed by atoms with Gasteiger partial charge in [-0.1, -0.05) is 0 Å². The second kappa shape index (κ2) is 4.38. The Labute approximate surface area is 103 Å². The topological polar surface area (TPSA) is 70.9 Å². The lowest BCUT2D eigenvalue weighted by Gasteiger charge is -2.22. The first kappa shape index (κ1) is 12.5. The second-order valence-electron chi connectivity index (χ2n) is 4.59. The van der Waals surface area contributed by atoms with Gasteiger partial charge in [0, 0.05) is 5.56 Å². The first-order chi connectivity index (χ1) is 8.41. The monoisotopic (exact) mass is 252 g/mol. The van der Waals surface area contributed by atoms with Crippen molar-refractivity contribution < 1.29 is 19.1 Å². The summed E-state index contributed by atoms with van der Waals surface area (Å²) in [6.07, 6.45) is -0.685. The number of rotatable bonds is 3. The van der Waals surface area contributed by atoms with Crippen LogP contribution in [-0.4, -0.2) is 23.1 Å². The Morgan fingerprint density at radius 3 is 2.61 bits per heavy atom. The zero-order valence-corrected chi connectivity index (χ0v) is 9.98. The Morgan fingerprint density at radius 1 is 1.44 bits per heavy atom. The van der Waals surface area contributed by atoms with Gasteiger partial charge in [0.25, 0.3) is 0 Å². The summed E-state index contributed by atoms with van der Waals surface area (Å²) in [5.41, 5.74) is 2.06. The molecule has 1 aliphatic rings. The van der Waals surface area contributed by atoms with Gasteiger partial charge in [0.2, 0.25) is 5.90 Å². The molecular weight excluding hydrogens is 239 g/mol. The minimum absolute atomic E-state index is 0.259. The van der Waals surface area contributed by atoms with Crippen LogP contribution in [0, 0.1) is 11.2 Å². The fraction of sp³-hybridized carbons (Fsp3) is 0.333. The summed E-state index contributed by atoms with van der Waals surface area (Å²) in [4.78, 5) is 20.4. The smallest absolute Gasteiger partial charge is 0.312 e. The maximum Gasteiger partial charge on any atom is 0.312 e. The lowest BCUT2D eigenvalue weighted by molar-refractivity contribution is -0.149. The molecule has 18 heavy (non-hydrogen) atoms. The highest BCUT2D eigenvalue weighted by atomic mass is 19.1. The highest BCUT2D eigenvalue weighted by molar-refractivity contribution is 5.95. The maximum absolute atomic E-state index is 12.8. The van der Waals surface area contributed by atoms with Gasteiger partial charge in [-0.3, -0.25) is 4.79 Å². The van der Waals surface area contributed by atoms with E-state index in [1.54, 1.807) is 13.8 Å². The fourth-order valence-electron chi connectivity index (χ4n) is 1.43. The number of aliphatic carboxylic acids is 1. The first-order valence-corrected chi connectivity index (χ1v) is 5.41. The van der Waals surface area contributed by atoms with Gasteiger partial charge in [0.1, 0.15) is 11.2 Å². The molecular formula is C12H13FN2O3. The maximum atomic E-state index is 12.8. The van der Waals surface area contributed by atoms with E-state index >= 15 is 0 Å². The Morgan fingerprint density at radius 2 is 2.06 bits per heavy atom. The van der Waals surface area contributed by atoms with Crippen LogP contribution in [0.25, 0.3) is 0 Å². The van der Waals surface area contributed by atoms with E-state index < -0.39 is 17.6 Å². The summed E-state index contributed by atoms with van der Waals surface area (Å²) < 4.78 is 12.8. The van der Waals surface area contributed by atoms with Crippen molar-refractivity contribution in [3.63, 3.8) is 0 Å². The van der Waals surface area contributed by atoms with Crippen molar-refractivity contribution >= 4 is 11.9 Å². The van der Waals surface area contributed by atoms with Crippen molar-refractivity contribution in [2.75, 3.05) is 0 Å². The Balaban J connectivity index is 2.23. The normalized spacial score (nSPS) is 19.3. The fourth-order valence-corrected chi connectivity index (χ4v) is 1.43. The SMILES string of the molecule is CC(C)(C(=O)O)C1N=C(c2ccc(F)cc2)ON1. The number of hydroxylamine groups is 1. The van der Waals surface area contributed by atoms with Crippen LogP contribution in [0.1, 0.15) is 19.4 Å². The minimum Gasteiger partial charge on any atom is -0.481 e. The molecule has 0 saturated carbocycles. The number of halogens is 1. The van der Waals surface area contributed by atoms with Gasteiger partial charge in [0.15, 0.2) is 6.17 Å². The van der Waals surface area contributed by atoms with Crippen molar-refractivity contribution in [1.29, 1.82) is 0 Å². The van der Waals surface area contributed by atoms with Crippen LogP contribution in [0.3, 0.4) is 0 Å². The lowest BCUT2D eigenvalue weighted by Crippen LogP contribution is -2.42. The third-order valence-corrected chi connectivity index (χ3v) is 2.84. The molecule has 0 bridgehead atoms. The zero-order chi connectivity index (χ0) is 13.3. The molecule has 6 heteroatoms. The number of hydrogen-bond donors (Lipinski definition) is 2. The summed E-state index contributed by atoms with van der Waals surface area (Å²) in [7, 11) is 0. The number of nitrogens with one attached hydrogen (secondary N) is 1. The number of hydrogen-bond acceptors (Lipinski definition) is 4. The summed E-state index contributed by atoms with van der Waals surface area (Å²) >= 11 is 0. The number of carboxylic acids is 1. The standard InChI is InChI=1S/C12H13FN2O3/c1-12(2,11(16)17)10-14-9(18-15-10)7-3-5-8(13)6-4-7/h3-6,10,15H,1-2H3,(H,16,17). The van der Waals surface area contributed by atoms with E-state index in [4.69, 9.17) is 9.94 Å². The molecule has 1 aromatic carbocycles. The Kier molecular flexibility index (Phi) is 3.04. The van der Waals surface area contributed by atoms with Crippen LogP contribution < -0.4 is 5.48 Å². The van der Waals surface area contributed by atoms with E-state index in [2.05, 4.69) is 10.5 Å². The van der Waals surface area contributed by atoms with Gasteiger partial charge in [-0.05, 0) is 38.1 Å². The van der Waals surface area contributed by atoms with Crippen LogP contribution in [-0.2, 0) is 9.63 Å². The molecule has 1 aromatic rings. The molecule has 1 heterocycles. The number of carbonyl (C=O) groups is 1. The molecule has 2 rings (SSSR count). The van der Waals surface area contributed by atoms with E-state index in [0.29, 0.717) is 5.56 Å². The average molecular weight is 252 g/mol. The third-order valence-electron chi connectivity index (χ3n) is 2.84. The highest BCUT2D eigenvalue weighted by Crippen LogP contribution is 2.25. The van der Waals surface area contributed by atoms with Crippen molar-refractivity contribution in [2.24, 2.45) is 10.4 Å². The highest BCUT2D eigenvalue weighted by Gasteiger charge is 2.40. The minimum atomic E-state index is -1.10. The largest absolute Gasteiger partial charge is 0.481 e. The van der Waals surface area contributed by atoms with Gasteiger partial charge < -0.3 is 9.94 Å². The summed E-state index contributed by atoms with van der Waals surface area (Å²) in [5, 5.41) is 9.08. The second-order valence-corrected chi connectivity index (χ2v) is 4.59. The van der Waals surface area contributed by atoms with E-state index in [1.165, 1.54) is 24.3 Å². The van der Waals surface area contributed by atoms with Crippen molar-refractivity contribution in [2.45, 2.75) is 20.0 Å². The van der Waals surface area contributed by atoms with Crippen molar-refractivity contribution in [3.8, 4) is 0 Å². The lowest BCUT2D eigenvalue weighted by atomic mass is 9.90. The molecule has 1 unspecified atom stereocenters. The molecule has 1 atom stereocenters. The summed E-state index contributed by atoms with van der Waals surface area (Å²) in [6.45, 7) is 3.10. The predicted octanol–water partition coefficient (Wildman–Crippen LogP) is 1.54. The van der Waals surface area contributed by atoms with Crippen LogP contribution >= 0.6 is 0 Å². The quantitative estimate of drug-likeness (QED) is 0.856. The first-order valence-electron chi connectivity index (χ1n) is 5.41. The molecule has 0 radical (unpaired) electrons. The number of benzene rings is 1. The van der Waals surface area contributed by atoms with Crippen LogP contribution in [0.4, 0.5) is 4.39 Å². The summed E-state index contributed by atoms with van der Waals surface area (Å²) in [6, 6.07) is 5.62. The average Bonchev–Trinajstić information content (AvgIpc) is 2.79. The Bertz CT molecular complexity index is 497. The molecule has 96 valence electrons. The van der Waals surface area contributed by atoms with Crippen LogP contribution in [0.15, 0.2) is 29.3 Å². The predicted molar refractivity (Wildman–Crippen MR) is 62.4 cm³/mol. The zero-order valence-electron chi connectivity index (χ0n) is 9.98. The number of nitrogens with zero attached hydrogens (tertiary/aromatic N) is 1. The molecule has 0 amide bonds. The van der Waals surface area contributed by atoms with Crippen molar-refractivity contribution in [3.05, 3.63) is 35.6 Å². The number of carboxylic acid groups (broad SMARTS) is 1. The van der Waals surface area contributed by atoms with Gasteiger partial charge in [-0.2, -0.15) is 0 Å². The molecule has 0 fully saturated rings. The van der Waals surface area contributed by atoms with Crippen LogP contribution in [0.2, 0.25) is 0 Å². The van der Waals surface area contributed by atoms with Gasteiger partial charge in [-0.25, -0.2) is 9.38 Å². The van der Waals surface area contributed by atoms with Crippen molar-refractivity contribution in [1.82, 2.24) is 5.48 Å². The Hall–Kier alpha value is -1.95. The molecule has 0 aliphatic carbocycles. The molecule has 0 spiro atoms. The molecule has 0 aromatic heterocycles. The molecule has 2 N–H and O–H groups in total. The van der Waals surface area contributed by atoms with Gasteiger partial charge >= 0.3 is 5.97 Å². The van der Waals surface area contributed by atoms with Gasteiger partial charge in [-0.15, -0.1) is 5.48 Å². The van der Waals surface area contributed by atoms with Crippen LogP contribution in [0.5, 0.6) is 0 Å². The van der Waals surface area contributed by atoms with E-state index in [-0.39, 0.29) is 11.7 Å². The molecule has 1 aliphatic heterocycles. The van der Waals surface area contributed by atoms with E-state index in [1.807, 2.05) is 0 Å².